The van der Waals surface area contributed by atoms with Gasteiger partial charge in [-0.15, -0.1) is 0 Å². The van der Waals surface area contributed by atoms with Crippen molar-refractivity contribution in [2.45, 2.75) is 6.92 Å². The monoisotopic (exact) mass is 433 g/mol. The van der Waals surface area contributed by atoms with Gasteiger partial charge in [-0.05, 0) is 29.0 Å². The lowest BCUT2D eigenvalue weighted by molar-refractivity contribution is -0.131. The third-order valence-corrected chi connectivity index (χ3v) is 5.27. The highest BCUT2D eigenvalue weighted by molar-refractivity contribution is 6.03. The van der Waals surface area contributed by atoms with E-state index in [1.54, 1.807) is 30.5 Å². The van der Waals surface area contributed by atoms with Crippen LogP contribution in [0.25, 0.3) is 33.1 Å². The minimum Gasteiger partial charge on any atom is -0.426 e. The molecule has 5 aromatic rings. The molecule has 6 nitrogen and oxygen atoms in total. The van der Waals surface area contributed by atoms with Crippen LogP contribution in [-0.2, 0) is 4.79 Å². The standard InChI is InChI=1S/C27H19N3O3/c1-18(31)33-25-16-15-19-9-5-6-12-21(19)23(25)17-28-30-26(20-10-3-2-4-11-20)29-24-14-8-7-13-22(24)27(30)32/h2-17H,1H3. The SMILES string of the molecule is CC(=O)Oc1ccc2ccccc2c1C=Nn1c(-c2ccccc2)nc2ccccc2c1=O. The number of hydrogen-bond donors (Lipinski definition) is 0. The van der Waals surface area contributed by atoms with Crippen molar-refractivity contribution in [3.63, 3.8) is 0 Å². The van der Waals surface area contributed by atoms with Crippen molar-refractivity contribution < 1.29 is 9.53 Å². The van der Waals surface area contributed by atoms with Crippen LogP contribution in [0.1, 0.15) is 12.5 Å². The quantitative estimate of drug-likeness (QED) is 0.227. The van der Waals surface area contributed by atoms with Crippen molar-refractivity contribution in [2.24, 2.45) is 5.10 Å². The van der Waals surface area contributed by atoms with E-state index in [9.17, 15) is 9.59 Å². The lowest BCUT2D eigenvalue weighted by atomic mass is 10.0. The zero-order chi connectivity index (χ0) is 22.8. The highest BCUT2D eigenvalue weighted by Gasteiger charge is 2.13. The van der Waals surface area contributed by atoms with Gasteiger partial charge in [-0.1, -0.05) is 72.8 Å². The van der Waals surface area contributed by atoms with Crippen molar-refractivity contribution >= 4 is 33.9 Å². The molecule has 0 unspecified atom stereocenters. The molecular formula is C27H19N3O3. The first-order valence-corrected chi connectivity index (χ1v) is 10.4. The smallest absolute Gasteiger partial charge is 0.308 e. The Hall–Kier alpha value is -4.58. The van der Waals surface area contributed by atoms with Crippen molar-refractivity contribution in [1.82, 2.24) is 9.66 Å². The molecule has 5 rings (SSSR count). The molecule has 4 aromatic carbocycles. The van der Waals surface area contributed by atoms with Gasteiger partial charge in [-0.3, -0.25) is 9.59 Å². The van der Waals surface area contributed by atoms with Gasteiger partial charge < -0.3 is 4.74 Å². The second-order valence-electron chi connectivity index (χ2n) is 7.47. The van der Waals surface area contributed by atoms with E-state index >= 15 is 0 Å². The molecule has 0 saturated carbocycles. The zero-order valence-electron chi connectivity index (χ0n) is 17.8. The molecule has 0 radical (unpaired) electrons. The van der Waals surface area contributed by atoms with Crippen LogP contribution in [0, 0.1) is 0 Å². The molecular weight excluding hydrogens is 414 g/mol. The summed E-state index contributed by atoms with van der Waals surface area (Å²) in [5.74, 6) is 0.354. The minimum atomic E-state index is -0.436. The van der Waals surface area contributed by atoms with Gasteiger partial charge in [0, 0.05) is 18.1 Å². The van der Waals surface area contributed by atoms with Crippen molar-refractivity contribution in [1.29, 1.82) is 0 Å². The predicted molar refractivity (Wildman–Crippen MR) is 130 cm³/mol. The molecule has 0 saturated heterocycles. The molecule has 0 bridgehead atoms. The normalized spacial score (nSPS) is 11.3. The fourth-order valence-corrected chi connectivity index (χ4v) is 3.77. The molecule has 0 spiro atoms. The molecule has 0 aliphatic carbocycles. The second kappa shape index (κ2) is 8.51. The molecule has 0 atom stereocenters. The summed E-state index contributed by atoms with van der Waals surface area (Å²) >= 11 is 0. The number of fused-ring (bicyclic) bond motifs is 2. The van der Waals surface area contributed by atoms with Crippen LogP contribution in [0.15, 0.2) is 101 Å². The highest BCUT2D eigenvalue weighted by Crippen LogP contribution is 2.27. The molecule has 0 amide bonds. The molecule has 0 N–H and O–H groups in total. The Morgan fingerprint density at radius 1 is 0.879 bits per heavy atom. The number of esters is 1. The van der Waals surface area contributed by atoms with Gasteiger partial charge in [0.05, 0.1) is 17.1 Å². The number of benzene rings is 4. The largest absolute Gasteiger partial charge is 0.426 e. The lowest BCUT2D eigenvalue weighted by Crippen LogP contribution is -2.20. The Balaban J connectivity index is 1.76. The summed E-state index contributed by atoms with van der Waals surface area (Å²) in [6.07, 6.45) is 1.55. The van der Waals surface area contributed by atoms with Crippen LogP contribution >= 0.6 is 0 Å². The fourth-order valence-electron chi connectivity index (χ4n) is 3.77. The van der Waals surface area contributed by atoms with Crippen LogP contribution in [0.2, 0.25) is 0 Å². The number of carbonyl (C=O) groups excluding carboxylic acids is 1. The summed E-state index contributed by atoms with van der Waals surface area (Å²) in [4.78, 5) is 29.8. The molecule has 0 aliphatic heterocycles. The maximum Gasteiger partial charge on any atom is 0.308 e. The fraction of sp³-hybridized carbons (Fsp3) is 0.0370. The molecule has 1 heterocycles. The average molecular weight is 433 g/mol. The summed E-state index contributed by atoms with van der Waals surface area (Å²) in [7, 11) is 0. The van der Waals surface area contributed by atoms with Crippen LogP contribution in [0.3, 0.4) is 0 Å². The number of nitrogens with zero attached hydrogens (tertiary/aromatic N) is 3. The van der Waals surface area contributed by atoms with Crippen molar-refractivity contribution in [2.75, 3.05) is 0 Å². The van der Waals surface area contributed by atoms with Crippen LogP contribution in [0.4, 0.5) is 0 Å². The van der Waals surface area contributed by atoms with E-state index in [2.05, 4.69) is 5.10 Å². The maximum absolute atomic E-state index is 13.4. The number of ether oxygens (including phenoxy) is 1. The number of carbonyl (C=O) groups is 1. The van der Waals surface area contributed by atoms with Crippen molar-refractivity contribution in [3.8, 4) is 17.1 Å². The van der Waals surface area contributed by atoms with Crippen LogP contribution in [0.5, 0.6) is 5.75 Å². The van der Waals surface area contributed by atoms with E-state index in [1.165, 1.54) is 11.6 Å². The Labute approximate surface area is 189 Å². The predicted octanol–water partition coefficient (Wildman–Crippen LogP) is 5.02. The third-order valence-electron chi connectivity index (χ3n) is 5.27. The number of aromatic nitrogens is 2. The van der Waals surface area contributed by atoms with E-state index in [4.69, 9.17) is 9.72 Å². The number of para-hydroxylation sites is 1. The van der Waals surface area contributed by atoms with E-state index in [-0.39, 0.29) is 5.56 Å². The first-order valence-electron chi connectivity index (χ1n) is 10.4. The van der Waals surface area contributed by atoms with Gasteiger partial charge in [-0.25, -0.2) is 4.98 Å². The molecule has 1 aromatic heterocycles. The summed E-state index contributed by atoms with van der Waals surface area (Å²) in [5, 5.41) is 6.82. The average Bonchev–Trinajstić information content (AvgIpc) is 2.84. The van der Waals surface area contributed by atoms with Crippen LogP contribution < -0.4 is 10.3 Å². The van der Waals surface area contributed by atoms with E-state index < -0.39 is 5.97 Å². The maximum atomic E-state index is 13.4. The van der Waals surface area contributed by atoms with Crippen LogP contribution in [-0.4, -0.2) is 21.8 Å². The lowest BCUT2D eigenvalue weighted by Gasteiger charge is -2.11. The highest BCUT2D eigenvalue weighted by atomic mass is 16.5. The molecule has 0 fully saturated rings. The summed E-state index contributed by atoms with van der Waals surface area (Å²) < 4.78 is 6.71. The van der Waals surface area contributed by atoms with Gasteiger partial charge >= 0.3 is 5.97 Å². The Kier molecular flexibility index (Phi) is 5.24. The summed E-state index contributed by atoms with van der Waals surface area (Å²) in [6, 6.07) is 27.9. The van der Waals surface area contributed by atoms with Gasteiger partial charge in [0.2, 0.25) is 0 Å². The number of hydrogen-bond acceptors (Lipinski definition) is 5. The number of rotatable bonds is 4. The van der Waals surface area contributed by atoms with Gasteiger partial charge in [0.15, 0.2) is 5.82 Å². The summed E-state index contributed by atoms with van der Waals surface area (Å²) in [5.41, 5.74) is 1.67. The topological polar surface area (TPSA) is 73.5 Å². The van der Waals surface area contributed by atoms with Gasteiger partial charge in [-0.2, -0.15) is 9.78 Å². The molecule has 160 valence electrons. The second-order valence-corrected chi connectivity index (χ2v) is 7.47. The van der Waals surface area contributed by atoms with Gasteiger partial charge in [0.25, 0.3) is 5.56 Å². The minimum absolute atomic E-state index is 0.287. The Morgan fingerprint density at radius 2 is 1.58 bits per heavy atom. The van der Waals surface area contributed by atoms with Crippen molar-refractivity contribution in [3.05, 3.63) is 107 Å². The molecule has 6 heteroatoms. The van der Waals surface area contributed by atoms with Gasteiger partial charge in [0.1, 0.15) is 5.75 Å². The Bertz CT molecular complexity index is 1590. The van der Waals surface area contributed by atoms with E-state index in [1.807, 2.05) is 66.7 Å². The van der Waals surface area contributed by atoms with E-state index in [0.717, 1.165) is 16.3 Å². The first kappa shape index (κ1) is 20.3. The first-order chi connectivity index (χ1) is 16.1. The Morgan fingerprint density at radius 3 is 2.36 bits per heavy atom. The van der Waals surface area contributed by atoms with E-state index in [0.29, 0.717) is 28.0 Å². The third kappa shape index (κ3) is 3.90. The summed E-state index contributed by atoms with van der Waals surface area (Å²) in [6.45, 7) is 1.35. The molecule has 0 aliphatic rings. The molecule has 33 heavy (non-hydrogen) atoms. The zero-order valence-corrected chi connectivity index (χ0v) is 17.8.